The molecule has 0 fully saturated rings. The standard InChI is InChI=1S/C17H20N4/c1-12(14-8-6-7-11-18-14)19-13(2)17-20-15-9-4-5-10-16(15)21(17)3/h4-13,19H,1-3H3/t12-,13?/m0/s1. The van der Waals surface area contributed by atoms with Crippen LogP contribution in [0.1, 0.15) is 37.4 Å². The quantitative estimate of drug-likeness (QED) is 0.796. The van der Waals surface area contributed by atoms with E-state index >= 15 is 0 Å². The maximum atomic E-state index is 4.74. The Bertz CT molecular complexity index is 733. The molecule has 2 aromatic heterocycles. The van der Waals surface area contributed by atoms with E-state index in [1.165, 1.54) is 0 Å². The number of aromatic nitrogens is 3. The van der Waals surface area contributed by atoms with Crippen molar-refractivity contribution in [1.82, 2.24) is 19.9 Å². The number of pyridine rings is 1. The molecule has 0 saturated heterocycles. The Labute approximate surface area is 124 Å². The summed E-state index contributed by atoms with van der Waals surface area (Å²) in [4.78, 5) is 9.14. The molecule has 2 heterocycles. The molecule has 0 spiro atoms. The van der Waals surface area contributed by atoms with Gasteiger partial charge in [-0.2, -0.15) is 0 Å². The summed E-state index contributed by atoms with van der Waals surface area (Å²) < 4.78 is 2.15. The van der Waals surface area contributed by atoms with Gasteiger partial charge in [-0.1, -0.05) is 18.2 Å². The molecule has 1 N–H and O–H groups in total. The van der Waals surface area contributed by atoms with Gasteiger partial charge in [-0.3, -0.25) is 10.3 Å². The Morgan fingerprint density at radius 3 is 2.48 bits per heavy atom. The fourth-order valence-electron chi connectivity index (χ4n) is 2.72. The van der Waals surface area contributed by atoms with E-state index in [4.69, 9.17) is 4.98 Å². The molecular weight excluding hydrogens is 260 g/mol. The Morgan fingerprint density at radius 2 is 1.76 bits per heavy atom. The van der Waals surface area contributed by atoms with Crippen LogP contribution in [0.25, 0.3) is 11.0 Å². The maximum absolute atomic E-state index is 4.74. The third kappa shape index (κ3) is 2.67. The highest BCUT2D eigenvalue weighted by atomic mass is 15.1. The first kappa shape index (κ1) is 13.8. The lowest BCUT2D eigenvalue weighted by Gasteiger charge is -2.19. The van der Waals surface area contributed by atoms with Gasteiger partial charge in [0.1, 0.15) is 5.82 Å². The average molecular weight is 280 g/mol. The Kier molecular flexibility index (Phi) is 3.71. The van der Waals surface area contributed by atoms with E-state index in [-0.39, 0.29) is 12.1 Å². The van der Waals surface area contributed by atoms with E-state index in [0.29, 0.717) is 0 Å². The van der Waals surface area contributed by atoms with Gasteiger partial charge >= 0.3 is 0 Å². The van der Waals surface area contributed by atoms with Crippen LogP contribution < -0.4 is 5.32 Å². The van der Waals surface area contributed by atoms with E-state index < -0.39 is 0 Å². The van der Waals surface area contributed by atoms with Crippen LogP contribution in [0.3, 0.4) is 0 Å². The molecule has 0 amide bonds. The number of para-hydroxylation sites is 2. The van der Waals surface area contributed by atoms with Crippen LogP contribution in [0.4, 0.5) is 0 Å². The molecule has 4 heteroatoms. The molecular formula is C17H20N4. The van der Waals surface area contributed by atoms with Crippen LogP contribution in [-0.4, -0.2) is 14.5 Å². The topological polar surface area (TPSA) is 42.7 Å². The molecule has 0 aliphatic heterocycles. The molecule has 0 saturated carbocycles. The van der Waals surface area contributed by atoms with Crippen molar-refractivity contribution in [2.45, 2.75) is 25.9 Å². The van der Waals surface area contributed by atoms with Gasteiger partial charge in [0, 0.05) is 19.3 Å². The lowest BCUT2D eigenvalue weighted by atomic mass is 10.2. The molecule has 0 radical (unpaired) electrons. The first-order chi connectivity index (χ1) is 10.2. The van der Waals surface area contributed by atoms with Gasteiger partial charge in [0.2, 0.25) is 0 Å². The highest BCUT2D eigenvalue weighted by Gasteiger charge is 2.17. The summed E-state index contributed by atoms with van der Waals surface area (Å²) in [6, 6.07) is 14.5. The minimum absolute atomic E-state index is 0.152. The largest absolute Gasteiger partial charge is 0.330 e. The highest BCUT2D eigenvalue weighted by Crippen LogP contribution is 2.21. The first-order valence-electron chi connectivity index (χ1n) is 7.25. The summed E-state index contributed by atoms with van der Waals surface area (Å²) >= 11 is 0. The van der Waals surface area contributed by atoms with Crippen LogP contribution >= 0.6 is 0 Å². The van der Waals surface area contributed by atoms with Crippen molar-refractivity contribution in [1.29, 1.82) is 0 Å². The maximum Gasteiger partial charge on any atom is 0.126 e. The molecule has 0 bridgehead atoms. The SMILES string of the molecule is CC(N[C@@H](C)c1ccccn1)c1nc2ccccc2n1C. The number of aryl methyl sites for hydroxylation is 1. The van der Waals surface area contributed by atoms with Crippen LogP contribution in [-0.2, 0) is 7.05 Å². The molecule has 3 aromatic rings. The zero-order valence-corrected chi connectivity index (χ0v) is 12.6. The number of rotatable bonds is 4. The number of nitrogens with one attached hydrogen (secondary N) is 1. The smallest absolute Gasteiger partial charge is 0.126 e. The van der Waals surface area contributed by atoms with Crippen molar-refractivity contribution in [3.8, 4) is 0 Å². The molecule has 2 atom stereocenters. The van der Waals surface area contributed by atoms with E-state index in [1.807, 2.05) is 42.6 Å². The van der Waals surface area contributed by atoms with Crippen molar-refractivity contribution in [3.05, 3.63) is 60.2 Å². The molecule has 0 aliphatic rings. The summed E-state index contributed by atoms with van der Waals surface area (Å²) in [6.07, 6.45) is 1.83. The molecule has 108 valence electrons. The van der Waals surface area contributed by atoms with Gasteiger partial charge in [0.05, 0.1) is 22.8 Å². The van der Waals surface area contributed by atoms with Gasteiger partial charge in [0.15, 0.2) is 0 Å². The minimum Gasteiger partial charge on any atom is -0.330 e. The van der Waals surface area contributed by atoms with Crippen molar-refractivity contribution in [3.63, 3.8) is 0 Å². The third-order valence-electron chi connectivity index (χ3n) is 3.84. The van der Waals surface area contributed by atoms with Crippen LogP contribution in [0.5, 0.6) is 0 Å². The number of hydrogen-bond donors (Lipinski definition) is 1. The lowest BCUT2D eigenvalue weighted by molar-refractivity contribution is 0.462. The average Bonchev–Trinajstić information content (AvgIpc) is 2.86. The zero-order valence-electron chi connectivity index (χ0n) is 12.6. The number of fused-ring (bicyclic) bond motifs is 1. The van der Waals surface area contributed by atoms with E-state index in [1.54, 1.807) is 0 Å². The first-order valence-corrected chi connectivity index (χ1v) is 7.25. The summed E-state index contributed by atoms with van der Waals surface area (Å²) in [5, 5.41) is 3.57. The van der Waals surface area contributed by atoms with E-state index in [0.717, 1.165) is 22.6 Å². The Balaban J connectivity index is 1.84. The van der Waals surface area contributed by atoms with Gasteiger partial charge in [-0.05, 0) is 38.1 Å². The van der Waals surface area contributed by atoms with Crippen LogP contribution in [0, 0.1) is 0 Å². The second kappa shape index (κ2) is 5.66. The predicted molar refractivity (Wildman–Crippen MR) is 84.9 cm³/mol. The summed E-state index contributed by atoms with van der Waals surface area (Å²) in [7, 11) is 2.06. The molecule has 1 aromatic carbocycles. The Morgan fingerprint density at radius 1 is 1.00 bits per heavy atom. The minimum atomic E-state index is 0.152. The van der Waals surface area contributed by atoms with Crippen molar-refractivity contribution >= 4 is 11.0 Å². The summed E-state index contributed by atoms with van der Waals surface area (Å²) in [5.74, 6) is 1.04. The Hall–Kier alpha value is -2.20. The van der Waals surface area contributed by atoms with Crippen molar-refractivity contribution in [2.75, 3.05) is 0 Å². The van der Waals surface area contributed by atoms with Gasteiger partial charge < -0.3 is 4.57 Å². The summed E-state index contributed by atoms with van der Waals surface area (Å²) in [5.41, 5.74) is 3.24. The van der Waals surface area contributed by atoms with Crippen molar-refractivity contribution < 1.29 is 0 Å². The zero-order chi connectivity index (χ0) is 14.8. The lowest BCUT2D eigenvalue weighted by Crippen LogP contribution is -2.25. The number of benzene rings is 1. The predicted octanol–water partition coefficient (Wildman–Crippen LogP) is 3.38. The molecule has 3 rings (SSSR count). The third-order valence-corrected chi connectivity index (χ3v) is 3.84. The van der Waals surface area contributed by atoms with Crippen LogP contribution in [0.15, 0.2) is 48.7 Å². The number of imidazole rings is 1. The molecule has 1 unspecified atom stereocenters. The van der Waals surface area contributed by atoms with Gasteiger partial charge in [0.25, 0.3) is 0 Å². The van der Waals surface area contributed by atoms with Crippen molar-refractivity contribution in [2.24, 2.45) is 7.05 Å². The van der Waals surface area contributed by atoms with Gasteiger partial charge in [-0.15, -0.1) is 0 Å². The number of hydrogen-bond acceptors (Lipinski definition) is 3. The molecule has 4 nitrogen and oxygen atoms in total. The molecule has 0 aliphatic carbocycles. The normalized spacial score (nSPS) is 14.2. The molecule has 21 heavy (non-hydrogen) atoms. The highest BCUT2D eigenvalue weighted by molar-refractivity contribution is 5.75. The van der Waals surface area contributed by atoms with E-state index in [2.05, 4.69) is 41.8 Å². The second-order valence-corrected chi connectivity index (χ2v) is 5.38. The van der Waals surface area contributed by atoms with E-state index in [9.17, 15) is 0 Å². The monoisotopic (exact) mass is 280 g/mol. The number of nitrogens with zero attached hydrogens (tertiary/aromatic N) is 3. The fraction of sp³-hybridized carbons (Fsp3) is 0.294. The van der Waals surface area contributed by atoms with Gasteiger partial charge in [-0.25, -0.2) is 4.98 Å². The second-order valence-electron chi connectivity index (χ2n) is 5.38. The van der Waals surface area contributed by atoms with Crippen LogP contribution in [0.2, 0.25) is 0 Å². The summed E-state index contributed by atoms with van der Waals surface area (Å²) in [6.45, 7) is 4.27. The fourth-order valence-corrected chi connectivity index (χ4v) is 2.72.